The summed E-state index contributed by atoms with van der Waals surface area (Å²) in [6, 6.07) is 2.64. The lowest BCUT2D eigenvalue weighted by Gasteiger charge is -2.27. The molecule has 1 aromatic heterocycles. The van der Waals surface area contributed by atoms with Crippen LogP contribution in [-0.2, 0) is 0 Å². The molecule has 0 spiro atoms. The zero-order chi connectivity index (χ0) is 12.7. The number of likely N-dealkylation sites (tertiary alicyclic amines) is 1. The maximum absolute atomic E-state index is 12.6. The van der Waals surface area contributed by atoms with E-state index in [1.807, 2.05) is 13.0 Å². The largest absolute Gasteiger partial charge is 0.331 e. The fourth-order valence-corrected chi connectivity index (χ4v) is 3.34. The first kappa shape index (κ1) is 11.7. The number of amides is 1. The highest BCUT2D eigenvalue weighted by Crippen LogP contribution is 2.33. The minimum absolute atomic E-state index is 0.134. The first-order chi connectivity index (χ1) is 8.66. The van der Waals surface area contributed by atoms with Crippen molar-refractivity contribution in [3.63, 3.8) is 0 Å². The Bertz CT molecular complexity index is 474. The molecule has 96 valence electrons. The third-order valence-corrected chi connectivity index (χ3v) is 4.14. The molecule has 2 aliphatic heterocycles. The van der Waals surface area contributed by atoms with Crippen molar-refractivity contribution < 1.29 is 4.79 Å². The van der Waals surface area contributed by atoms with E-state index in [0.717, 1.165) is 30.6 Å². The fraction of sp³-hybridized carbons (Fsp3) is 0.571. The molecular weight excluding hydrogens is 226 g/mol. The van der Waals surface area contributed by atoms with E-state index in [-0.39, 0.29) is 5.91 Å². The van der Waals surface area contributed by atoms with E-state index in [4.69, 9.17) is 0 Å². The molecule has 0 aromatic carbocycles. The van der Waals surface area contributed by atoms with Crippen LogP contribution in [-0.4, -0.2) is 41.0 Å². The number of rotatable bonds is 1. The highest BCUT2D eigenvalue weighted by molar-refractivity contribution is 5.94. The number of aryl methyl sites for hydroxylation is 1. The predicted molar refractivity (Wildman–Crippen MR) is 69.4 cm³/mol. The van der Waals surface area contributed by atoms with Crippen molar-refractivity contribution in [1.82, 2.24) is 15.2 Å². The number of pyridine rings is 1. The van der Waals surface area contributed by atoms with Crippen LogP contribution in [0.3, 0.4) is 0 Å². The van der Waals surface area contributed by atoms with E-state index in [2.05, 4.69) is 22.1 Å². The zero-order valence-electron chi connectivity index (χ0n) is 10.9. The first-order valence-corrected chi connectivity index (χ1v) is 6.62. The van der Waals surface area contributed by atoms with Crippen LogP contribution in [0.4, 0.5) is 0 Å². The Morgan fingerprint density at radius 2 is 2.28 bits per heavy atom. The Morgan fingerprint density at radius 1 is 1.44 bits per heavy atom. The van der Waals surface area contributed by atoms with Gasteiger partial charge >= 0.3 is 0 Å². The van der Waals surface area contributed by atoms with E-state index < -0.39 is 0 Å². The number of nitrogens with one attached hydrogen (secondary N) is 1. The molecule has 2 fully saturated rings. The van der Waals surface area contributed by atoms with E-state index in [0.29, 0.717) is 18.0 Å². The topological polar surface area (TPSA) is 45.2 Å². The summed E-state index contributed by atoms with van der Waals surface area (Å²) in [4.78, 5) is 18.8. The van der Waals surface area contributed by atoms with Crippen molar-refractivity contribution in [2.75, 3.05) is 13.1 Å². The maximum Gasteiger partial charge on any atom is 0.255 e. The van der Waals surface area contributed by atoms with Crippen molar-refractivity contribution in [1.29, 1.82) is 0 Å². The molecule has 0 aliphatic carbocycles. The molecule has 3 atom stereocenters. The molecule has 0 radical (unpaired) electrons. The number of hydrogen-bond donors (Lipinski definition) is 1. The van der Waals surface area contributed by atoms with Gasteiger partial charge in [0.15, 0.2) is 0 Å². The lowest BCUT2D eigenvalue weighted by Crippen LogP contribution is -2.42. The summed E-state index contributed by atoms with van der Waals surface area (Å²) >= 11 is 0. The van der Waals surface area contributed by atoms with Crippen LogP contribution in [0.1, 0.15) is 29.3 Å². The van der Waals surface area contributed by atoms with Crippen LogP contribution in [0.15, 0.2) is 18.5 Å². The second-order valence-electron chi connectivity index (χ2n) is 5.53. The normalized spacial score (nSPS) is 30.6. The van der Waals surface area contributed by atoms with Crippen LogP contribution < -0.4 is 5.32 Å². The van der Waals surface area contributed by atoms with Crippen LogP contribution in [0.5, 0.6) is 0 Å². The van der Waals surface area contributed by atoms with Gasteiger partial charge in [-0.1, -0.05) is 0 Å². The summed E-state index contributed by atoms with van der Waals surface area (Å²) in [7, 11) is 0. The second-order valence-corrected chi connectivity index (χ2v) is 5.53. The molecule has 0 saturated carbocycles. The van der Waals surface area contributed by atoms with Crippen LogP contribution in [0, 0.1) is 12.8 Å². The summed E-state index contributed by atoms with van der Waals surface area (Å²) < 4.78 is 0. The Kier molecular flexibility index (Phi) is 2.82. The quantitative estimate of drug-likeness (QED) is 0.809. The Hall–Kier alpha value is -1.42. The van der Waals surface area contributed by atoms with E-state index in [1.165, 1.54) is 0 Å². The molecule has 1 N–H and O–H groups in total. The smallest absolute Gasteiger partial charge is 0.255 e. The Balaban J connectivity index is 1.87. The molecule has 3 heterocycles. The Morgan fingerprint density at radius 3 is 3.06 bits per heavy atom. The number of hydrogen-bond acceptors (Lipinski definition) is 3. The molecule has 1 amide bonds. The monoisotopic (exact) mass is 245 g/mol. The van der Waals surface area contributed by atoms with Crippen molar-refractivity contribution in [2.24, 2.45) is 5.92 Å². The average Bonchev–Trinajstić information content (AvgIpc) is 2.88. The van der Waals surface area contributed by atoms with Gasteiger partial charge in [-0.25, -0.2) is 0 Å². The van der Waals surface area contributed by atoms with Gasteiger partial charge in [-0.3, -0.25) is 9.78 Å². The van der Waals surface area contributed by atoms with Crippen molar-refractivity contribution in [2.45, 2.75) is 32.4 Å². The molecule has 18 heavy (non-hydrogen) atoms. The van der Waals surface area contributed by atoms with Gasteiger partial charge in [0, 0.05) is 37.6 Å². The van der Waals surface area contributed by atoms with Crippen LogP contribution >= 0.6 is 0 Å². The van der Waals surface area contributed by atoms with Gasteiger partial charge in [-0.15, -0.1) is 0 Å². The van der Waals surface area contributed by atoms with E-state index >= 15 is 0 Å². The molecule has 1 aromatic rings. The number of aromatic nitrogens is 1. The summed E-state index contributed by atoms with van der Waals surface area (Å²) in [5, 5.41) is 3.38. The first-order valence-electron chi connectivity index (χ1n) is 6.62. The highest BCUT2D eigenvalue weighted by atomic mass is 16.2. The van der Waals surface area contributed by atoms with Gasteiger partial charge in [0.25, 0.3) is 5.91 Å². The zero-order valence-corrected chi connectivity index (χ0v) is 10.9. The third kappa shape index (κ3) is 1.81. The third-order valence-electron chi connectivity index (χ3n) is 4.14. The minimum Gasteiger partial charge on any atom is -0.331 e. The van der Waals surface area contributed by atoms with Crippen LogP contribution in [0.2, 0.25) is 0 Å². The summed E-state index contributed by atoms with van der Waals surface area (Å²) in [5.74, 6) is 0.761. The van der Waals surface area contributed by atoms with Gasteiger partial charge in [0.2, 0.25) is 0 Å². The Labute approximate surface area is 107 Å². The molecule has 2 aliphatic rings. The minimum atomic E-state index is 0.134. The number of fused-ring (bicyclic) bond motifs is 1. The molecule has 3 rings (SSSR count). The van der Waals surface area contributed by atoms with Gasteiger partial charge in [-0.05, 0) is 37.8 Å². The molecule has 3 unspecified atom stereocenters. The molecular formula is C14H19N3O. The molecule has 4 nitrogen and oxygen atoms in total. The number of carbonyl (C=O) groups is 1. The van der Waals surface area contributed by atoms with Crippen molar-refractivity contribution in [3.05, 3.63) is 29.6 Å². The lowest BCUT2D eigenvalue weighted by molar-refractivity contribution is 0.0681. The summed E-state index contributed by atoms with van der Waals surface area (Å²) in [6.45, 7) is 6.10. The SMILES string of the molecule is Cc1cncc(C(=O)N2C(C)CC3CNCC32)c1. The van der Waals surface area contributed by atoms with E-state index in [1.54, 1.807) is 12.4 Å². The lowest BCUT2D eigenvalue weighted by atomic mass is 10.0. The van der Waals surface area contributed by atoms with Gasteiger partial charge in [0.1, 0.15) is 0 Å². The molecule has 4 heteroatoms. The van der Waals surface area contributed by atoms with Gasteiger partial charge in [0.05, 0.1) is 5.56 Å². The maximum atomic E-state index is 12.6. The number of nitrogens with zero attached hydrogens (tertiary/aromatic N) is 2. The fourth-order valence-electron chi connectivity index (χ4n) is 3.34. The highest BCUT2D eigenvalue weighted by Gasteiger charge is 2.44. The predicted octanol–water partition coefficient (Wildman–Crippen LogP) is 1.21. The van der Waals surface area contributed by atoms with Crippen LogP contribution in [0.25, 0.3) is 0 Å². The molecule has 2 saturated heterocycles. The van der Waals surface area contributed by atoms with Crippen molar-refractivity contribution in [3.8, 4) is 0 Å². The standard InChI is InChI=1S/C14H19N3O/c1-9-3-12(7-15-5-9)14(18)17-10(2)4-11-6-16-8-13(11)17/h3,5,7,10-11,13,16H,4,6,8H2,1-2H3. The average molecular weight is 245 g/mol. The van der Waals surface area contributed by atoms with Crippen molar-refractivity contribution >= 4 is 5.91 Å². The second kappa shape index (κ2) is 4.35. The van der Waals surface area contributed by atoms with Gasteiger partial charge in [-0.2, -0.15) is 0 Å². The van der Waals surface area contributed by atoms with Gasteiger partial charge < -0.3 is 10.2 Å². The summed E-state index contributed by atoms with van der Waals surface area (Å²) in [6.07, 6.45) is 4.57. The number of carbonyl (C=O) groups excluding carboxylic acids is 1. The van der Waals surface area contributed by atoms with E-state index in [9.17, 15) is 4.79 Å². The summed E-state index contributed by atoms with van der Waals surface area (Å²) in [5.41, 5.74) is 1.75. The molecule has 0 bridgehead atoms.